The lowest BCUT2D eigenvalue weighted by atomic mass is 9.69. The Morgan fingerprint density at radius 2 is 1.58 bits per heavy atom. The minimum absolute atomic E-state index is 0.0201. The van der Waals surface area contributed by atoms with Crippen molar-refractivity contribution in [2.75, 3.05) is 13.7 Å². The Kier molecular flexibility index (Phi) is 6.68. The molecule has 1 aromatic rings. The number of esters is 1. The van der Waals surface area contributed by atoms with Gasteiger partial charge in [-0.05, 0) is 93.4 Å². The maximum absolute atomic E-state index is 12.4. The Morgan fingerprint density at radius 1 is 1.00 bits per heavy atom. The fraction of sp³-hybridized carbons (Fsp3) is 0.636. The smallest absolute Gasteiger partial charge is 0.314 e. The van der Waals surface area contributed by atoms with E-state index in [4.69, 9.17) is 14.7 Å². The molecule has 4 nitrogen and oxygen atoms in total. The first-order valence-electron chi connectivity index (χ1n) is 9.90. The molecule has 0 aliphatic heterocycles. The minimum Gasteiger partial charge on any atom is -0.426 e. The Morgan fingerprint density at radius 3 is 2.12 bits per heavy atom. The lowest BCUT2D eigenvalue weighted by molar-refractivity contribution is -0.140. The van der Waals surface area contributed by atoms with E-state index in [0.717, 1.165) is 50.0 Å². The Labute approximate surface area is 156 Å². The fourth-order valence-corrected chi connectivity index (χ4v) is 4.69. The van der Waals surface area contributed by atoms with E-state index in [1.807, 2.05) is 0 Å². The zero-order valence-electron chi connectivity index (χ0n) is 15.7. The van der Waals surface area contributed by atoms with E-state index in [1.165, 1.54) is 25.7 Å². The number of rotatable bonds is 5. The van der Waals surface area contributed by atoms with Crippen molar-refractivity contribution in [1.29, 1.82) is 5.26 Å². The number of carbonyl (C=O) groups is 1. The number of methoxy groups -OCH3 is 1. The summed E-state index contributed by atoms with van der Waals surface area (Å²) in [6.07, 6.45) is 9.39. The largest absolute Gasteiger partial charge is 0.426 e. The van der Waals surface area contributed by atoms with Gasteiger partial charge in [0, 0.05) is 13.7 Å². The molecule has 3 rings (SSSR count). The highest BCUT2D eigenvalue weighted by atomic mass is 16.5. The molecule has 2 saturated carbocycles. The molecule has 0 heterocycles. The zero-order chi connectivity index (χ0) is 18.4. The molecule has 0 amide bonds. The average molecular weight is 355 g/mol. The molecule has 0 spiro atoms. The van der Waals surface area contributed by atoms with Crippen molar-refractivity contribution >= 4 is 5.97 Å². The third kappa shape index (κ3) is 4.86. The van der Waals surface area contributed by atoms with Crippen molar-refractivity contribution in [1.82, 2.24) is 0 Å². The lowest BCUT2D eigenvalue weighted by Gasteiger charge is -2.37. The van der Waals surface area contributed by atoms with E-state index in [0.29, 0.717) is 11.3 Å². The molecule has 0 atom stereocenters. The van der Waals surface area contributed by atoms with Crippen LogP contribution < -0.4 is 4.74 Å². The summed E-state index contributed by atoms with van der Waals surface area (Å²) in [5.74, 6) is 2.79. The molecule has 2 aliphatic rings. The molecule has 2 aliphatic carbocycles. The molecule has 0 aromatic heterocycles. The summed E-state index contributed by atoms with van der Waals surface area (Å²) in [6, 6.07) is 8.82. The van der Waals surface area contributed by atoms with Crippen LogP contribution in [0.4, 0.5) is 0 Å². The molecule has 0 unspecified atom stereocenters. The van der Waals surface area contributed by atoms with Crippen LogP contribution in [0, 0.1) is 35.0 Å². The number of hydrogen-bond donors (Lipinski definition) is 0. The van der Waals surface area contributed by atoms with Gasteiger partial charge in [0.15, 0.2) is 0 Å². The van der Waals surface area contributed by atoms with Crippen LogP contribution in [0.2, 0.25) is 0 Å². The number of nitriles is 1. The van der Waals surface area contributed by atoms with Gasteiger partial charge in [0.25, 0.3) is 0 Å². The summed E-state index contributed by atoms with van der Waals surface area (Å²) in [6.45, 7) is 0.903. The molecule has 140 valence electrons. The van der Waals surface area contributed by atoms with Crippen LogP contribution in [0.15, 0.2) is 24.3 Å². The molecule has 0 saturated heterocycles. The highest BCUT2D eigenvalue weighted by Gasteiger charge is 2.33. The van der Waals surface area contributed by atoms with E-state index >= 15 is 0 Å². The molecule has 0 N–H and O–H groups in total. The summed E-state index contributed by atoms with van der Waals surface area (Å²) in [7, 11) is 1.80. The van der Waals surface area contributed by atoms with Crippen LogP contribution in [-0.4, -0.2) is 19.7 Å². The van der Waals surface area contributed by atoms with Gasteiger partial charge in [0.05, 0.1) is 17.6 Å². The first-order chi connectivity index (χ1) is 12.7. The van der Waals surface area contributed by atoms with Crippen molar-refractivity contribution in [2.45, 2.75) is 51.4 Å². The summed E-state index contributed by atoms with van der Waals surface area (Å²) in [5, 5.41) is 8.82. The van der Waals surface area contributed by atoms with Crippen LogP contribution in [-0.2, 0) is 9.53 Å². The highest BCUT2D eigenvalue weighted by Crippen LogP contribution is 2.41. The van der Waals surface area contributed by atoms with Crippen LogP contribution in [0.1, 0.15) is 56.9 Å². The standard InChI is InChI=1S/C22H29NO3/c1-25-15-17-2-6-18(7-3-17)19-8-10-20(11-9-19)22(24)26-21-12-4-16(14-23)5-13-21/h4-5,12-13,17-20H,2-3,6-11,15H2,1H3. The number of hydrogen-bond acceptors (Lipinski definition) is 4. The van der Waals surface area contributed by atoms with E-state index in [9.17, 15) is 4.79 Å². The van der Waals surface area contributed by atoms with Gasteiger partial charge >= 0.3 is 5.97 Å². The zero-order valence-corrected chi connectivity index (χ0v) is 15.7. The summed E-state index contributed by atoms with van der Waals surface area (Å²) < 4.78 is 10.8. The molecular formula is C22H29NO3. The number of nitrogens with zero attached hydrogens (tertiary/aromatic N) is 1. The predicted molar refractivity (Wildman–Crippen MR) is 99.6 cm³/mol. The van der Waals surface area contributed by atoms with Crippen LogP contribution >= 0.6 is 0 Å². The van der Waals surface area contributed by atoms with Crippen molar-refractivity contribution in [3.8, 4) is 11.8 Å². The number of benzene rings is 1. The Balaban J connectivity index is 1.43. The maximum Gasteiger partial charge on any atom is 0.314 e. The second-order valence-corrected chi connectivity index (χ2v) is 7.91. The molecule has 2 fully saturated rings. The van der Waals surface area contributed by atoms with Crippen molar-refractivity contribution in [3.05, 3.63) is 29.8 Å². The van der Waals surface area contributed by atoms with Gasteiger partial charge in [-0.3, -0.25) is 4.79 Å². The van der Waals surface area contributed by atoms with E-state index in [2.05, 4.69) is 6.07 Å². The molecule has 0 radical (unpaired) electrons. The first kappa shape index (κ1) is 18.9. The van der Waals surface area contributed by atoms with E-state index in [-0.39, 0.29) is 11.9 Å². The summed E-state index contributed by atoms with van der Waals surface area (Å²) in [4.78, 5) is 12.4. The van der Waals surface area contributed by atoms with Gasteiger partial charge in [-0.25, -0.2) is 0 Å². The normalized spacial score (nSPS) is 28.9. The molecule has 26 heavy (non-hydrogen) atoms. The third-order valence-electron chi connectivity index (χ3n) is 6.27. The SMILES string of the molecule is COCC1CCC(C2CCC(C(=O)Oc3ccc(C#N)cc3)CC2)CC1. The van der Waals surface area contributed by atoms with Crippen molar-refractivity contribution in [3.63, 3.8) is 0 Å². The molecule has 0 bridgehead atoms. The van der Waals surface area contributed by atoms with E-state index < -0.39 is 0 Å². The van der Waals surface area contributed by atoms with Gasteiger partial charge in [0.2, 0.25) is 0 Å². The topological polar surface area (TPSA) is 59.3 Å². The van der Waals surface area contributed by atoms with Gasteiger partial charge in [-0.15, -0.1) is 0 Å². The average Bonchev–Trinajstić information content (AvgIpc) is 2.69. The second kappa shape index (κ2) is 9.19. The Bertz CT molecular complexity index is 618. The van der Waals surface area contributed by atoms with E-state index in [1.54, 1.807) is 31.4 Å². The van der Waals surface area contributed by atoms with Crippen molar-refractivity contribution in [2.24, 2.45) is 23.7 Å². The van der Waals surface area contributed by atoms with Gasteiger partial charge in [-0.2, -0.15) is 5.26 Å². The first-order valence-corrected chi connectivity index (χ1v) is 9.90. The third-order valence-corrected chi connectivity index (χ3v) is 6.27. The maximum atomic E-state index is 12.4. The lowest BCUT2D eigenvalue weighted by Crippen LogP contribution is -2.30. The van der Waals surface area contributed by atoms with Gasteiger partial charge in [-0.1, -0.05) is 0 Å². The summed E-state index contributed by atoms with van der Waals surface area (Å²) in [5.41, 5.74) is 0.575. The van der Waals surface area contributed by atoms with Crippen LogP contribution in [0.3, 0.4) is 0 Å². The number of ether oxygens (including phenoxy) is 2. The van der Waals surface area contributed by atoms with Crippen molar-refractivity contribution < 1.29 is 14.3 Å². The Hall–Kier alpha value is -1.86. The molecular weight excluding hydrogens is 326 g/mol. The fourth-order valence-electron chi connectivity index (χ4n) is 4.69. The minimum atomic E-state index is -0.114. The van der Waals surface area contributed by atoms with Crippen LogP contribution in [0.5, 0.6) is 5.75 Å². The monoisotopic (exact) mass is 355 g/mol. The van der Waals surface area contributed by atoms with Gasteiger partial charge in [0.1, 0.15) is 5.75 Å². The molecule has 4 heteroatoms. The highest BCUT2D eigenvalue weighted by molar-refractivity contribution is 5.75. The summed E-state index contributed by atoms with van der Waals surface area (Å²) >= 11 is 0. The van der Waals surface area contributed by atoms with Gasteiger partial charge < -0.3 is 9.47 Å². The van der Waals surface area contributed by atoms with Crippen LogP contribution in [0.25, 0.3) is 0 Å². The quantitative estimate of drug-likeness (QED) is 0.566. The second-order valence-electron chi connectivity index (χ2n) is 7.91. The molecule has 1 aromatic carbocycles. The number of carbonyl (C=O) groups excluding carboxylic acids is 1. The predicted octanol–water partition coefficient (Wildman–Crippen LogP) is 4.72.